The van der Waals surface area contributed by atoms with Gasteiger partial charge in [0.05, 0.1) is 17.5 Å². The predicted octanol–water partition coefficient (Wildman–Crippen LogP) is 3.28. The van der Waals surface area contributed by atoms with E-state index < -0.39 is 6.10 Å². The molecule has 1 aliphatic heterocycles. The van der Waals surface area contributed by atoms with Crippen molar-refractivity contribution in [3.8, 4) is 0 Å². The fraction of sp³-hybridized carbons (Fsp3) is 0.316. The third-order valence-electron chi connectivity index (χ3n) is 4.31. The van der Waals surface area contributed by atoms with Crippen molar-refractivity contribution in [2.24, 2.45) is 0 Å². The summed E-state index contributed by atoms with van der Waals surface area (Å²) in [5.74, 6) is -0.361. The van der Waals surface area contributed by atoms with Crippen molar-refractivity contribution in [3.63, 3.8) is 0 Å². The number of halogens is 1. The highest BCUT2D eigenvalue weighted by molar-refractivity contribution is 5.93. The van der Waals surface area contributed by atoms with Gasteiger partial charge in [-0.05, 0) is 42.7 Å². The number of anilines is 2. The molecular formula is C19H22FN3O2. The highest BCUT2D eigenvalue weighted by Crippen LogP contribution is 2.28. The van der Waals surface area contributed by atoms with E-state index in [9.17, 15) is 14.3 Å². The minimum absolute atomic E-state index is 0.0450. The van der Waals surface area contributed by atoms with Crippen molar-refractivity contribution in [3.05, 3.63) is 59.9 Å². The molecule has 0 saturated carbocycles. The molecule has 2 aromatic rings. The molecule has 0 aliphatic carbocycles. The van der Waals surface area contributed by atoms with Gasteiger partial charge in [-0.3, -0.25) is 0 Å². The van der Waals surface area contributed by atoms with E-state index in [1.165, 1.54) is 24.3 Å². The van der Waals surface area contributed by atoms with Crippen LogP contribution >= 0.6 is 0 Å². The van der Waals surface area contributed by atoms with Crippen LogP contribution in [0, 0.1) is 5.82 Å². The first kappa shape index (κ1) is 17.2. The van der Waals surface area contributed by atoms with Gasteiger partial charge < -0.3 is 20.6 Å². The maximum atomic E-state index is 12.9. The first-order chi connectivity index (χ1) is 12.1. The molecule has 3 N–H and O–H groups in total. The Morgan fingerprint density at radius 3 is 2.52 bits per heavy atom. The first-order valence-electron chi connectivity index (χ1n) is 8.46. The van der Waals surface area contributed by atoms with Crippen molar-refractivity contribution >= 4 is 17.4 Å². The van der Waals surface area contributed by atoms with Crippen LogP contribution in [0.25, 0.3) is 0 Å². The highest BCUT2D eigenvalue weighted by atomic mass is 19.1. The lowest BCUT2D eigenvalue weighted by Crippen LogP contribution is -2.33. The van der Waals surface area contributed by atoms with Gasteiger partial charge in [0.2, 0.25) is 0 Å². The number of benzene rings is 2. The van der Waals surface area contributed by atoms with Crippen molar-refractivity contribution in [1.82, 2.24) is 5.32 Å². The number of carbonyl (C=O) groups is 1. The minimum Gasteiger partial charge on any atom is -0.387 e. The van der Waals surface area contributed by atoms with E-state index >= 15 is 0 Å². The third-order valence-corrected chi connectivity index (χ3v) is 4.31. The molecule has 0 radical (unpaired) electrons. The summed E-state index contributed by atoms with van der Waals surface area (Å²) in [6.07, 6.45) is 1.43. The minimum atomic E-state index is -0.889. The second-order valence-electron chi connectivity index (χ2n) is 6.11. The zero-order valence-electron chi connectivity index (χ0n) is 13.9. The molecule has 1 aliphatic rings. The van der Waals surface area contributed by atoms with Crippen LogP contribution in [-0.2, 0) is 0 Å². The highest BCUT2D eigenvalue weighted by Gasteiger charge is 2.17. The van der Waals surface area contributed by atoms with Crippen LogP contribution in [0.5, 0.6) is 0 Å². The van der Waals surface area contributed by atoms with E-state index in [0.717, 1.165) is 37.3 Å². The van der Waals surface area contributed by atoms with Crippen molar-refractivity contribution in [1.29, 1.82) is 0 Å². The Kier molecular flexibility index (Phi) is 5.50. The van der Waals surface area contributed by atoms with E-state index in [1.54, 1.807) is 0 Å². The van der Waals surface area contributed by atoms with Gasteiger partial charge in [0.25, 0.3) is 0 Å². The van der Waals surface area contributed by atoms with Crippen LogP contribution in [0.15, 0.2) is 48.5 Å². The molecular weight excluding hydrogens is 321 g/mol. The van der Waals surface area contributed by atoms with Gasteiger partial charge in [0.1, 0.15) is 5.82 Å². The van der Waals surface area contributed by atoms with E-state index in [0.29, 0.717) is 5.56 Å². The fourth-order valence-electron chi connectivity index (χ4n) is 2.97. The summed E-state index contributed by atoms with van der Waals surface area (Å²) in [6.45, 7) is 2.02. The first-order valence-corrected chi connectivity index (χ1v) is 8.46. The standard InChI is InChI=1S/C19H22FN3O2/c20-15-9-7-14(8-10-15)18(24)13-21-19(25)22-16-5-1-2-6-17(16)23-11-3-4-12-23/h1-2,5-10,18,24H,3-4,11-13H2,(H2,21,22,25). The van der Waals surface area contributed by atoms with Gasteiger partial charge in [-0.2, -0.15) is 0 Å². The molecule has 0 spiro atoms. The fourth-order valence-corrected chi connectivity index (χ4v) is 2.97. The summed E-state index contributed by atoms with van der Waals surface area (Å²) < 4.78 is 12.9. The van der Waals surface area contributed by atoms with Gasteiger partial charge in [0, 0.05) is 19.6 Å². The monoisotopic (exact) mass is 343 g/mol. The Morgan fingerprint density at radius 1 is 1.12 bits per heavy atom. The smallest absolute Gasteiger partial charge is 0.319 e. The van der Waals surface area contributed by atoms with Crippen LogP contribution in [0.2, 0.25) is 0 Å². The molecule has 132 valence electrons. The van der Waals surface area contributed by atoms with Crippen LogP contribution in [0.4, 0.5) is 20.6 Å². The zero-order valence-corrected chi connectivity index (χ0v) is 13.9. The topological polar surface area (TPSA) is 64.6 Å². The number of hydrogen-bond acceptors (Lipinski definition) is 3. The Hall–Kier alpha value is -2.60. The second kappa shape index (κ2) is 7.98. The predicted molar refractivity (Wildman–Crippen MR) is 96.3 cm³/mol. The molecule has 2 amide bonds. The number of aliphatic hydroxyl groups excluding tert-OH is 1. The number of aliphatic hydroxyl groups is 1. The molecule has 6 heteroatoms. The lowest BCUT2D eigenvalue weighted by molar-refractivity contribution is 0.175. The van der Waals surface area contributed by atoms with Gasteiger partial charge in [0.15, 0.2) is 0 Å². The third kappa shape index (κ3) is 4.48. The summed E-state index contributed by atoms with van der Waals surface area (Å²) in [5.41, 5.74) is 2.31. The Balaban J connectivity index is 1.57. The maximum absolute atomic E-state index is 12.9. The number of amides is 2. The van der Waals surface area contributed by atoms with Crippen LogP contribution in [-0.4, -0.2) is 30.8 Å². The molecule has 1 heterocycles. The average Bonchev–Trinajstić information content (AvgIpc) is 3.15. The number of urea groups is 1. The number of carbonyl (C=O) groups excluding carboxylic acids is 1. The van der Waals surface area contributed by atoms with Crippen molar-refractivity contribution in [2.75, 3.05) is 29.9 Å². The number of nitrogens with zero attached hydrogens (tertiary/aromatic N) is 1. The van der Waals surface area contributed by atoms with Crippen LogP contribution < -0.4 is 15.5 Å². The molecule has 5 nitrogen and oxygen atoms in total. The second-order valence-corrected chi connectivity index (χ2v) is 6.11. The lowest BCUT2D eigenvalue weighted by Gasteiger charge is -2.21. The molecule has 1 fully saturated rings. The molecule has 1 atom stereocenters. The number of nitrogens with one attached hydrogen (secondary N) is 2. The summed E-state index contributed by atoms with van der Waals surface area (Å²) in [6, 6.07) is 12.9. The quantitative estimate of drug-likeness (QED) is 0.781. The van der Waals surface area contributed by atoms with Crippen LogP contribution in [0.3, 0.4) is 0 Å². The van der Waals surface area contributed by atoms with Gasteiger partial charge >= 0.3 is 6.03 Å². The van der Waals surface area contributed by atoms with Crippen LogP contribution in [0.1, 0.15) is 24.5 Å². The molecule has 0 bridgehead atoms. The summed E-state index contributed by atoms with van der Waals surface area (Å²) >= 11 is 0. The van der Waals surface area contributed by atoms with E-state index in [1.807, 2.05) is 24.3 Å². The van der Waals surface area contributed by atoms with E-state index in [2.05, 4.69) is 15.5 Å². The maximum Gasteiger partial charge on any atom is 0.319 e. The van der Waals surface area contributed by atoms with Gasteiger partial charge in [-0.1, -0.05) is 24.3 Å². The number of para-hydroxylation sites is 2. The number of rotatable bonds is 5. The molecule has 1 unspecified atom stereocenters. The Bertz CT molecular complexity index is 715. The lowest BCUT2D eigenvalue weighted by atomic mass is 10.1. The van der Waals surface area contributed by atoms with Crippen molar-refractivity contribution < 1.29 is 14.3 Å². The SMILES string of the molecule is O=C(NCC(O)c1ccc(F)cc1)Nc1ccccc1N1CCCC1. The number of hydrogen-bond donors (Lipinski definition) is 3. The Labute approximate surface area is 146 Å². The van der Waals surface area contributed by atoms with E-state index in [4.69, 9.17) is 0 Å². The van der Waals surface area contributed by atoms with Gasteiger partial charge in [-0.15, -0.1) is 0 Å². The molecule has 1 saturated heterocycles. The van der Waals surface area contributed by atoms with E-state index in [-0.39, 0.29) is 18.4 Å². The van der Waals surface area contributed by atoms with Gasteiger partial charge in [-0.25, -0.2) is 9.18 Å². The summed E-state index contributed by atoms with van der Waals surface area (Å²) in [4.78, 5) is 14.4. The zero-order chi connectivity index (χ0) is 17.6. The molecule has 3 rings (SSSR count). The summed E-state index contributed by atoms with van der Waals surface area (Å²) in [5, 5.41) is 15.6. The normalized spacial score (nSPS) is 15.0. The Morgan fingerprint density at radius 2 is 1.80 bits per heavy atom. The average molecular weight is 343 g/mol. The molecule has 25 heavy (non-hydrogen) atoms. The van der Waals surface area contributed by atoms with Crippen molar-refractivity contribution in [2.45, 2.75) is 18.9 Å². The molecule has 2 aromatic carbocycles. The largest absolute Gasteiger partial charge is 0.387 e. The molecule has 0 aromatic heterocycles. The summed E-state index contributed by atoms with van der Waals surface area (Å²) in [7, 11) is 0.